The summed E-state index contributed by atoms with van der Waals surface area (Å²) in [5.74, 6) is 0.163. The molecule has 0 aliphatic rings. The normalized spacial score (nSPS) is 11.7. The van der Waals surface area contributed by atoms with Crippen molar-refractivity contribution in [1.82, 2.24) is 5.32 Å². The summed E-state index contributed by atoms with van der Waals surface area (Å²) in [7, 11) is 0. The van der Waals surface area contributed by atoms with Gasteiger partial charge in [0.1, 0.15) is 6.61 Å². The van der Waals surface area contributed by atoms with E-state index in [1.54, 1.807) is 0 Å². The molecule has 0 spiro atoms. The van der Waals surface area contributed by atoms with Crippen molar-refractivity contribution in [3.05, 3.63) is 71.8 Å². The third-order valence-corrected chi connectivity index (χ3v) is 3.95. The molecule has 0 radical (unpaired) electrons. The lowest BCUT2D eigenvalue weighted by Gasteiger charge is -2.14. The molecule has 0 bridgehead atoms. The molecule has 1 amide bonds. The van der Waals surface area contributed by atoms with Crippen LogP contribution in [0.25, 0.3) is 0 Å². The first-order valence-corrected chi connectivity index (χ1v) is 8.40. The molecule has 4 nitrogen and oxygen atoms in total. The van der Waals surface area contributed by atoms with Crippen LogP contribution in [0.4, 0.5) is 4.79 Å². The SMILES string of the molecule is O=C(NCCCC[C@H](CO)c1ccccc1)OCc1ccccc1. The highest BCUT2D eigenvalue weighted by Crippen LogP contribution is 2.20. The van der Waals surface area contributed by atoms with E-state index in [0.29, 0.717) is 6.54 Å². The molecule has 0 aromatic heterocycles. The minimum Gasteiger partial charge on any atom is -0.445 e. The van der Waals surface area contributed by atoms with Gasteiger partial charge in [-0.3, -0.25) is 0 Å². The topological polar surface area (TPSA) is 58.6 Å². The van der Waals surface area contributed by atoms with Crippen molar-refractivity contribution in [2.45, 2.75) is 31.8 Å². The molecule has 2 aromatic carbocycles. The highest BCUT2D eigenvalue weighted by atomic mass is 16.5. The molecular formula is C20H25NO3. The van der Waals surface area contributed by atoms with Crippen LogP contribution in [-0.4, -0.2) is 24.4 Å². The Morgan fingerprint density at radius 2 is 1.67 bits per heavy atom. The molecule has 0 saturated heterocycles. The van der Waals surface area contributed by atoms with Crippen molar-refractivity contribution in [2.75, 3.05) is 13.2 Å². The Bertz CT molecular complexity index is 586. The molecule has 0 aliphatic heterocycles. The van der Waals surface area contributed by atoms with Crippen molar-refractivity contribution < 1.29 is 14.6 Å². The Labute approximate surface area is 143 Å². The number of hydrogen-bond acceptors (Lipinski definition) is 3. The lowest BCUT2D eigenvalue weighted by Crippen LogP contribution is -2.25. The number of carbonyl (C=O) groups is 1. The van der Waals surface area contributed by atoms with E-state index in [4.69, 9.17) is 4.74 Å². The van der Waals surface area contributed by atoms with E-state index >= 15 is 0 Å². The smallest absolute Gasteiger partial charge is 0.407 e. The molecule has 1 atom stereocenters. The molecule has 24 heavy (non-hydrogen) atoms. The van der Waals surface area contributed by atoms with E-state index in [2.05, 4.69) is 5.32 Å². The zero-order valence-corrected chi connectivity index (χ0v) is 13.9. The third kappa shape index (κ3) is 6.42. The lowest BCUT2D eigenvalue weighted by molar-refractivity contribution is 0.139. The minimum absolute atomic E-state index is 0.149. The molecule has 0 unspecified atom stereocenters. The molecule has 0 fully saturated rings. The van der Waals surface area contributed by atoms with Crippen molar-refractivity contribution in [2.24, 2.45) is 0 Å². The van der Waals surface area contributed by atoms with Gasteiger partial charge in [-0.2, -0.15) is 0 Å². The Morgan fingerprint density at radius 3 is 2.33 bits per heavy atom. The van der Waals surface area contributed by atoms with Crippen molar-refractivity contribution in [1.29, 1.82) is 0 Å². The second-order valence-electron chi connectivity index (χ2n) is 5.77. The highest BCUT2D eigenvalue weighted by molar-refractivity contribution is 5.67. The number of nitrogens with one attached hydrogen (secondary N) is 1. The van der Waals surface area contributed by atoms with Gasteiger partial charge in [0.05, 0.1) is 0 Å². The number of amides is 1. The molecule has 2 aromatic rings. The van der Waals surface area contributed by atoms with Crippen LogP contribution in [0.5, 0.6) is 0 Å². The van der Waals surface area contributed by atoms with Crippen LogP contribution in [0.1, 0.15) is 36.3 Å². The van der Waals surface area contributed by atoms with E-state index in [1.807, 2.05) is 60.7 Å². The molecule has 4 heteroatoms. The maximum atomic E-state index is 11.6. The summed E-state index contributed by atoms with van der Waals surface area (Å²) in [6.07, 6.45) is 2.32. The molecule has 2 N–H and O–H groups in total. The first-order chi connectivity index (χ1) is 11.8. The van der Waals surface area contributed by atoms with Gasteiger partial charge < -0.3 is 15.2 Å². The Balaban J connectivity index is 1.58. The third-order valence-electron chi connectivity index (χ3n) is 3.95. The fourth-order valence-corrected chi connectivity index (χ4v) is 2.57. The van der Waals surface area contributed by atoms with Gasteiger partial charge in [-0.15, -0.1) is 0 Å². The standard InChI is InChI=1S/C20H25NO3/c22-15-19(18-11-5-2-6-12-18)13-7-8-14-21-20(23)24-16-17-9-3-1-4-10-17/h1-6,9-12,19,22H,7-8,13-16H2,(H,21,23)/t19-/m1/s1. The van der Waals surface area contributed by atoms with Gasteiger partial charge in [-0.25, -0.2) is 4.79 Å². The number of unbranched alkanes of at least 4 members (excludes halogenated alkanes) is 1. The van der Waals surface area contributed by atoms with Gasteiger partial charge in [0.25, 0.3) is 0 Å². The monoisotopic (exact) mass is 327 g/mol. The number of carbonyl (C=O) groups excluding carboxylic acids is 1. The lowest BCUT2D eigenvalue weighted by atomic mass is 9.94. The van der Waals surface area contributed by atoms with Crippen LogP contribution in [-0.2, 0) is 11.3 Å². The van der Waals surface area contributed by atoms with Gasteiger partial charge in [0, 0.05) is 19.1 Å². The van der Waals surface area contributed by atoms with Gasteiger partial charge in [-0.05, 0) is 24.0 Å². The predicted octanol–water partition coefficient (Wildman–Crippen LogP) is 3.86. The van der Waals surface area contributed by atoms with E-state index in [9.17, 15) is 9.90 Å². The quantitative estimate of drug-likeness (QED) is 0.688. The summed E-state index contributed by atoms with van der Waals surface area (Å²) >= 11 is 0. The first kappa shape index (κ1) is 18.0. The van der Waals surface area contributed by atoms with E-state index in [1.165, 1.54) is 0 Å². The summed E-state index contributed by atoms with van der Waals surface area (Å²) in [6, 6.07) is 19.6. The van der Waals surface area contributed by atoms with E-state index in [0.717, 1.165) is 30.4 Å². The second-order valence-corrected chi connectivity index (χ2v) is 5.77. The van der Waals surface area contributed by atoms with Gasteiger partial charge >= 0.3 is 6.09 Å². The summed E-state index contributed by atoms with van der Waals surface area (Å²) in [6.45, 7) is 1.02. The zero-order valence-electron chi connectivity index (χ0n) is 13.9. The fraction of sp³-hybridized carbons (Fsp3) is 0.350. The molecule has 128 valence electrons. The predicted molar refractivity (Wildman–Crippen MR) is 94.7 cm³/mol. The largest absolute Gasteiger partial charge is 0.445 e. The Morgan fingerprint density at radius 1 is 1.00 bits per heavy atom. The first-order valence-electron chi connectivity index (χ1n) is 8.40. The second kappa shape index (κ2) is 10.4. The highest BCUT2D eigenvalue weighted by Gasteiger charge is 2.09. The molecule has 0 aliphatic carbocycles. The summed E-state index contributed by atoms with van der Waals surface area (Å²) in [5, 5.41) is 12.3. The van der Waals surface area contributed by atoms with Gasteiger partial charge in [-0.1, -0.05) is 67.1 Å². The fourth-order valence-electron chi connectivity index (χ4n) is 2.57. The van der Waals surface area contributed by atoms with Crippen LogP contribution in [0.15, 0.2) is 60.7 Å². The van der Waals surface area contributed by atoms with Crippen molar-refractivity contribution in [3.63, 3.8) is 0 Å². The average molecular weight is 327 g/mol. The maximum Gasteiger partial charge on any atom is 0.407 e. The summed E-state index contributed by atoms with van der Waals surface area (Å²) in [5.41, 5.74) is 2.14. The van der Waals surface area contributed by atoms with E-state index < -0.39 is 0 Å². The van der Waals surface area contributed by atoms with Crippen LogP contribution in [0.3, 0.4) is 0 Å². The van der Waals surface area contributed by atoms with Gasteiger partial charge in [0.2, 0.25) is 0 Å². The molecule has 0 saturated carbocycles. The Hall–Kier alpha value is -2.33. The van der Waals surface area contributed by atoms with Crippen LogP contribution in [0.2, 0.25) is 0 Å². The number of aliphatic hydroxyl groups is 1. The number of ether oxygens (including phenoxy) is 1. The number of aliphatic hydroxyl groups excluding tert-OH is 1. The van der Waals surface area contributed by atoms with Crippen molar-refractivity contribution >= 4 is 6.09 Å². The maximum absolute atomic E-state index is 11.6. The van der Waals surface area contributed by atoms with Gasteiger partial charge in [0.15, 0.2) is 0 Å². The number of benzene rings is 2. The number of hydrogen-bond donors (Lipinski definition) is 2. The number of alkyl carbamates (subject to hydrolysis) is 1. The zero-order chi connectivity index (χ0) is 17.0. The van der Waals surface area contributed by atoms with Crippen molar-refractivity contribution in [3.8, 4) is 0 Å². The average Bonchev–Trinajstić information content (AvgIpc) is 2.64. The molecule has 2 rings (SSSR count). The molecular weight excluding hydrogens is 302 g/mol. The Kier molecular flexibility index (Phi) is 7.84. The number of rotatable bonds is 9. The minimum atomic E-state index is -0.388. The van der Waals surface area contributed by atoms with Crippen LogP contribution in [0, 0.1) is 0 Å². The summed E-state index contributed by atoms with van der Waals surface area (Å²) in [4.78, 5) is 11.6. The van der Waals surface area contributed by atoms with Crippen LogP contribution >= 0.6 is 0 Å². The molecule has 0 heterocycles. The van der Waals surface area contributed by atoms with Crippen LogP contribution < -0.4 is 5.32 Å². The van der Waals surface area contributed by atoms with E-state index in [-0.39, 0.29) is 25.2 Å². The summed E-state index contributed by atoms with van der Waals surface area (Å²) < 4.78 is 5.16.